The molecule has 0 amide bonds. The lowest BCUT2D eigenvalue weighted by atomic mass is 9.95. The molecule has 1 aromatic rings. The first-order valence-electron chi connectivity index (χ1n) is 5.91. The van der Waals surface area contributed by atoms with E-state index in [0.717, 1.165) is 22.7 Å². The third kappa shape index (κ3) is 3.08. The van der Waals surface area contributed by atoms with Gasteiger partial charge in [0.1, 0.15) is 0 Å². The molecule has 0 N–H and O–H groups in total. The van der Waals surface area contributed by atoms with Gasteiger partial charge in [-0.3, -0.25) is 0 Å². The van der Waals surface area contributed by atoms with Gasteiger partial charge >= 0.3 is 0 Å². The van der Waals surface area contributed by atoms with Crippen LogP contribution in [0.4, 0.5) is 0 Å². The van der Waals surface area contributed by atoms with Gasteiger partial charge in [-0.15, -0.1) is 6.58 Å². The molecule has 3 heteroatoms. The van der Waals surface area contributed by atoms with Crippen LogP contribution in [0.2, 0.25) is 0 Å². The molecule has 1 heterocycles. The van der Waals surface area contributed by atoms with Gasteiger partial charge in [-0.25, -0.2) is 9.97 Å². The molecule has 1 aliphatic rings. The average Bonchev–Trinajstić information content (AvgIpc) is 2.76. The molecule has 2 nitrogen and oxygen atoms in total. The minimum absolute atomic E-state index is 0.826. The van der Waals surface area contributed by atoms with Crippen molar-refractivity contribution in [1.29, 1.82) is 0 Å². The first-order valence-corrected chi connectivity index (χ1v) is 6.89. The molecule has 1 aromatic heterocycles. The molecule has 0 bridgehead atoms. The van der Waals surface area contributed by atoms with E-state index >= 15 is 0 Å². The van der Waals surface area contributed by atoms with Crippen LogP contribution < -0.4 is 0 Å². The van der Waals surface area contributed by atoms with Gasteiger partial charge in [-0.1, -0.05) is 24.3 Å². The van der Waals surface area contributed by atoms with Gasteiger partial charge in [0.2, 0.25) is 0 Å². The Morgan fingerprint density at radius 1 is 1.31 bits per heavy atom. The van der Waals surface area contributed by atoms with E-state index in [4.69, 9.17) is 0 Å². The Balaban J connectivity index is 1.83. The number of aromatic nitrogens is 2. The zero-order chi connectivity index (χ0) is 11.2. The maximum atomic E-state index is 4.24. The Morgan fingerprint density at radius 2 is 2.06 bits per heavy atom. The molecule has 2 atom stereocenters. The van der Waals surface area contributed by atoms with Crippen LogP contribution >= 0.6 is 11.8 Å². The minimum Gasteiger partial charge on any atom is -0.231 e. The fourth-order valence-corrected chi connectivity index (χ4v) is 3.47. The van der Waals surface area contributed by atoms with Crippen LogP contribution in [-0.4, -0.2) is 15.7 Å². The van der Waals surface area contributed by atoms with Crippen molar-refractivity contribution in [3.63, 3.8) is 0 Å². The minimum atomic E-state index is 0.826. The Hall–Kier alpha value is -0.830. The number of thioether (sulfide) groups is 1. The van der Waals surface area contributed by atoms with Crippen molar-refractivity contribution in [2.24, 2.45) is 11.8 Å². The van der Waals surface area contributed by atoms with Crippen molar-refractivity contribution in [1.82, 2.24) is 9.97 Å². The molecule has 1 fully saturated rings. The highest BCUT2D eigenvalue weighted by atomic mass is 32.2. The number of nitrogens with zero attached hydrogens (tertiary/aromatic N) is 2. The smallest absolute Gasteiger partial charge is 0.187 e. The summed E-state index contributed by atoms with van der Waals surface area (Å²) >= 11 is 1.79. The lowest BCUT2D eigenvalue weighted by Crippen LogP contribution is -2.09. The van der Waals surface area contributed by atoms with E-state index in [1.165, 1.54) is 25.7 Å². The highest BCUT2D eigenvalue weighted by Crippen LogP contribution is 2.37. The summed E-state index contributed by atoms with van der Waals surface area (Å²) in [4.78, 5) is 8.48. The lowest BCUT2D eigenvalue weighted by Gasteiger charge is -2.16. The topological polar surface area (TPSA) is 25.8 Å². The molecule has 1 aliphatic carbocycles. The van der Waals surface area contributed by atoms with Gasteiger partial charge in [0, 0.05) is 18.1 Å². The molecular formula is C13H18N2S. The van der Waals surface area contributed by atoms with E-state index < -0.39 is 0 Å². The molecule has 0 saturated heterocycles. The normalized spacial score (nSPS) is 24.5. The Bertz CT molecular complexity index is 326. The Labute approximate surface area is 102 Å². The SMILES string of the molecule is C=CC[C@@H]1CCCC1CSc1ncccn1. The molecule has 86 valence electrons. The molecule has 1 saturated carbocycles. The third-order valence-electron chi connectivity index (χ3n) is 3.25. The van der Waals surface area contributed by atoms with Crippen LogP contribution in [0.3, 0.4) is 0 Å². The van der Waals surface area contributed by atoms with E-state index in [-0.39, 0.29) is 0 Å². The molecule has 16 heavy (non-hydrogen) atoms. The Kier molecular flexibility index (Phi) is 4.40. The van der Waals surface area contributed by atoms with E-state index in [2.05, 4.69) is 22.6 Å². The van der Waals surface area contributed by atoms with Gasteiger partial charge in [0.25, 0.3) is 0 Å². The second-order valence-corrected chi connectivity index (χ2v) is 5.30. The van der Waals surface area contributed by atoms with Crippen molar-refractivity contribution in [3.8, 4) is 0 Å². The number of hydrogen-bond donors (Lipinski definition) is 0. The van der Waals surface area contributed by atoms with Crippen molar-refractivity contribution in [2.45, 2.75) is 30.8 Å². The summed E-state index contributed by atoms with van der Waals surface area (Å²) in [6, 6.07) is 1.86. The second-order valence-electron chi connectivity index (χ2n) is 4.32. The highest BCUT2D eigenvalue weighted by Gasteiger charge is 2.26. The van der Waals surface area contributed by atoms with Crippen LogP contribution in [0.5, 0.6) is 0 Å². The number of rotatable bonds is 5. The lowest BCUT2D eigenvalue weighted by molar-refractivity contribution is 0.430. The predicted molar refractivity (Wildman–Crippen MR) is 68.4 cm³/mol. The maximum Gasteiger partial charge on any atom is 0.187 e. The fraction of sp³-hybridized carbons (Fsp3) is 0.538. The van der Waals surface area contributed by atoms with Crippen LogP contribution in [-0.2, 0) is 0 Å². The van der Waals surface area contributed by atoms with E-state index in [1.54, 1.807) is 11.8 Å². The van der Waals surface area contributed by atoms with Crippen molar-refractivity contribution in [2.75, 3.05) is 5.75 Å². The summed E-state index contributed by atoms with van der Waals surface area (Å²) in [7, 11) is 0. The van der Waals surface area contributed by atoms with Gasteiger partial charge in [-0.2, -0.15) is 0 Å². The largest absolute Gasteiger partial charge is 0.231 e. The molecule has 0 aliphatic heterocycles. The van der Waals surface area contributed by atoms with Crippen LogP contribution in [0.25, 0.3) is 0 Å². The van der Waals surface area contributed by atoms with E-state index in [9.17, 15) is 0 Å². The number of allylic oxidation sites excluding steroid dienone is 1. The molecule has 0 spiro atoms. The highest BCUT2D eigenvalue weighted by molar-refractivity contribution is 7.99. The first kappa shape index (κ1) is 11.6. The summed E-state index contributed by atoms with van der Waals surface area (Å²) in [6.45, 7) is 3.85. The fourth-order valence-electron chi connectivity index (χ4n) is 2.40. The summed E-state index contributed by atoms with van der Waals surface area (Å²) in [5.41, 5.74) is 0. The molecule has 0 radical (unpaired) electrons. The van der Waals surface area contributed by atoms with Crippen molar-refractivity contribution < 1.29 is 0 Å². The molecular weight excluding hydrogens is 216 g/mol. The van der Waals surface area contributed by atoms with Crippen LogP contribution in [0.15, 0.2) is 36.3 Å². The van der Waals surface area contributed by atoms with E-state index in [1.807, 2.05) is 18.5 Å². The summed E-state index contributed by atoms with van der Waals surface area (Å²) < 4.78 is 0. The molecule has 0 aromatic carbocycles. The van der Waals surface area contributed by atoms with Crippen molar-refractivity contribution in [3.05, 3.63) is 31.1 Å². The maximum absolute atomic E-state index is 4.24. The summed E-state index contributed by atoms with van der Waals surface area (Å²) in [6.07, 6.45) is 11.0. The monoisotopic (exact) mass is 234 g/mol. The molecule has 1 unspecified atom stereocenters. The number of hydrogen-bond acceptors (Lipinski definition) is 3. The quantitative estimate of drug-likeness (QED) is 0.442. The van der Waals surface area contributed by atoms with Gasteiger partial charge in [-0.05, 0) is 37.2 Å². The second kappa shape index (κ2) is 6.04. The van der Waals surface area contributed by atoms with Gasteiger partial charge < -0.3 is 0 Å². The van der Waals surface area contributed by atoms with Gasteiger partial charge in [0.15, 0.2) is 5.16 Å². The zero-order valence-corrected chi connectivity index (χ0v) is 10.3. The molecule has 2 rings (SSSR count). The van der Waals surface area contributed by atoms with Crippen LogP contribution in [0.1, 0.15) is 25.7 Å². The average molecular weight is 234 g/mol. The van der Waals surface area contributed by atoms with E-state index in [0.29, 0.717) is 0 Å². The summed E-state index contributed by atoms with van der Waals surface area (Å²) in [5, 5.41) is 0.909. The standard InChI is InChI=1S/C13H18N2S/c1-2-5-11-6-3-7-12(11)10-16-13-14-8-4-9-15-13/h2,4,8-9,11-12H,1,3,5-7,10H2/t11-,12?/m1/s1. The first-order chi connectivity index (χ1) is 7.90. The van der Waals surface area contributed by atoms with Crippen LogP contribution in [0, 0.1) is 11.8 Å². The summed E-state index contributed by atoms with van der Waals surface area (Å²) in [5.74, 6) is 2.82. The predicted octanol–water partition coefficient (Wildman–Crippen LogP) is 3.56. The van der Waals surface area contributed by atoms with Crippen molar-refractivity contribution >= 4 is 11.8 Å². The Morgan fingerprint density at radius 3 is 2.81 bits per heavy atom. The third-order valence-corrected chi connectivity index (χ3v) is 4.32. The van der Waals surface area contributed by atoms with Gasteiger partial charge in [0.05, 0.1) is 0 Å². The zero-order valence-electron chi connectivity index (χ0n) is 9.51.